The molecule has 0 radical (unpaired) electrons. The van der Waals surface area contributed by atoms with Crippen molar-refractivity contribution in [2.75, 3.05) is 7.11 Å². The number of ether oxygens (including phenoxy) is 1. The predicted octanol–water partition coefficient (Wildman–Crippen LogP) is 5.67. The highest BCUT2D eigenvalue weighted by Gasteiger charge is 2.31. The molecule has 0 heterocycles. The second-order valence-corrected chi connectivity index (χ2v) is 6.59. The summed E-state index contributed by atoms with van der Waals surface area (Å²) in [5.74, 6) is 0.883. The Morgan fingerprint density at radius 3 is 1.25 bits per heavy atom. The zero-order chi connectivity index (χ0) is 17.2. The van der Waals surface area contributed by atoms with Crippen LogP contribution in [0.1, 0.15) is 34.7 Å². The lowest BCUT2D eigenvalue weighted by Gasteiger charge is -2.32. The lowest BCUT2D eigenvalue weighted by atomic mass is 9.71. The standard InChI is InChI=1S/C23H24O/c1-17-5-9-19(10-6-17)23(3,20-11-7-18(2)8-12-20)21-13-15-22(24-4)16-14-21/h5-16H,1-4H3. The smallest absolute Gasteiger partial charge is 0.118 e. The number of hydrogen-bond donors (Lipinski definition) is 0. The lowest BCUT2D eigenvalue weighted by Crippen LogP contribution is -2.25. The molecule has 0 aliphatic carbocycles. The quantitative estimate of drug-likeness (QED) is 0.564. The van der Waals surface area contributed by atoms with E-state index in [1.807, 2.05) is 12.1 Å². The van der Waals surface area contributed by atoms with Crippen molar-refractivity contribution in [2.45, 2.75) is 26.2 Å². The molecule has 3 aromatic carbocycles. The fraction of sp³-hybridized carbons (Fsp3) is 0.217. The third-order valence-corrected chi connectivity index (χ3v) is 4.93. The fourth-order valence-corrected chi connectivity index (χ4v) is 3.20. The van der Waals surface area contributed by atoms with Crippen LogP contribution in [-0.4, -0.2) is 7.11 Å². The van der Waals surface area contributed by atoms with Crippen molar-refractivity contribution in [3.8, 4) is 5.75 Å². The Bertz CT molecular complexity index is 751. The van der Waals surface area contributed by atoms with E-state index in [-0.39, 0.29) is 5.41 Å². The molecule has 0 saturated heterocycles. The number of benzene rings is 3. The minimum absolute atomic E-state index is 0.201. The molecule has 0 spiro atoms. The molecule has 0 unspecified atom stereocenters. The molecule has 1 nitrogen and oxygen atoms in total. The van der Waals surface area contributed by atoms with Crippen LogP contribution in [0.2, 0.25) is 0 Å². The topological polar surface area (TPSA) is 9.23 Å². The Morgan fingerprint density at radius 1 is 0.583 bits per heavy atom. The van der Waals surface area contributed by atoms with E-state index in [4.69, 9.17) is 4.74 Å². The van der Waals surface area contributed by atoms with Crippen LogP contribution in [0.5, 0.6) is 5.75 Å². The highest BCUT2D eigenvalue weighted by Crippen LogP contribution is 2.39. The van der Waals surface area contributed by atoms with Gasteiger partial charge in [0.05, 0.1) is 7.11 Å². The van der Waals surface area contributed by atoms with E-state index >= 15 is 0 Å². The molecule has 0 saturated carbocycles. The first-order valence-electron chi connectivity index (χ1n) is 8.33. The molecule has 0 atom stereocenters. The van der Waals surface area contributed by atoms with Crippen LogP contribution < -0.4 is 4.74 Å². The van der Waals surface area contributed by atoms with Crippen molar-refractivity contribution >= 4 is 0 Å². The summed E-state index contributed by atoms with van der Waals surface area (Å²) >= 11 is 0. The Hall–Kier alpha value is -2.54. The van der Waals surface area contributed by atoms with Gasteiger partial charge in [0, 0.05) is 5.41 Å². The maximum Gasteiger partial charge on any atom is 0.118 e. The molecule has 0 amide bonds. The predicted molar refractivity (Wildman–Crippen MR) is 101 cm³/mol. The monoisotopic (exact) mass is 316 g/mol. The fourth-order valence-electron chi connectivity index (χ4n) is 3.20. The van der Waals surface area contributed by atoms with Crippen molar-refractivity contribution in [3.63, 3.8) is 0 Å². The van der Waals surface area contributed by atoms with Crippen molar-refractivity contribution in [1.29, 1.82) is 0 Å². The molecule has 0 bridgehead atoms. The highest BCUT2D eigenvalue weighted by atomic mass is 16.5. The molecular formula is C23H24O. The Kier molecular flexibility index (Phi) is 4.44. The van der Waals surface area contributed by atoms with E-state index in [0.29, 0.717) is 0 Å². The van der Waals surface area contributed by atoms with Crippen molar-refractivity contribution in [3.05, 3.63) is 101 Å². The van der Waals surface area contributed by atoms with Crippen LogP contribution in [0.4, 0.5) is 0 Å². The summed E-state index contributed by atoms with van der Waals surface area (Å²) in [4.78, 5) is 0. The van der Waals surface area contributed by atoms with E-state index in [1.165, 1.54) is 27.8 Å². The molecule has 24 heavy (non-hydrogen) atoms. The Morgan fingerprint density at radius 2 is 0.917 bits per heavy atom. The Labute approximate surface area is 144 Å². The normalized spacial score (nSPS) is 11.3. The van der Waals surface area contributed by atoms with E-state index in [1.54, 1.807) is 7.11 Å². The first-order valence-corrected chi connectivity index (χ1v) is 8.33. The van der Waals surface area contributed by atoms with E-state index in [2.05, 4.69) is 81.4 Å². The van der Waals surface area contributed by atoms with Gasteiger partial charge in [0.2, 0.25) is 0 Å². The number of methoxy groups -OCH3 is 1. The van der Waals surface area contributed by atoms with Crippen LogP contribution in [0.15, 0.2) is 72.8 Å². The maximum atomic E-state index is 5.32. The minimum Gasteiger partial charge on any atom is -0.497 e. The van der Waals surface area contributed by atoms with Crippen molar-refractivity contribution in [2.24, 2.45) is 0 Å². The van der Waals surface area contributed by atoms with Gasteiger partial charge >= 0.3 is 0 Å². The Balaban J connectivity index is 2.18. The van der Waals surface area contributed by atoms with Crippen LogP contribution in [0.3, 0.4) is 0 Å². The summed E-state index contributed by atoms with van der Waals surface area (Å²) in [5, 5.41) is 0. The number of hydrogen-bond acceptors (Lipinski definition) is 1. The molecule has 0 aliphatic rings. The van der Waals surface area contributed by atoms with Crippen molar-refractivity contribution in [1.82, 2.24) is 0 Å². The van der Waals surface area contributed by atoms with Crippen LogP contribution in [0.25, 0.3) is 0 Å². The number of aryl methyl sites for hydroxylation is 2. The molecule has 0 N–H and O–H groups in total. The molecule has 122 valence electrons. The lowest BCUT2D eigenvalue weighted by molar-refractivity contribution is 0.414. The summed E-state index contributed by atoms with van der Waals surface area (Å²) < 4.78 is 5.32. The first kappa shape index (κ1) is 16.3. The van der Waals surface area contributed by atoms with Gasteiger partial charge in [-0.1, -0.05) is 71.8 Å². The van der Waals surface area contributed by atoms with E-state index < -0.39 is 0 Å². The van der Waals surface area contributed by atoms with Gasteiger partial charge in [-0.2, -0.15) is 0 Å². The molecule has 3 rings (SSSR count). The van der Waals surface area contributed by atoms with E-state index in [9.17, 15) is 0 Å². The summed E-state index contributed by atoms with van der Waals surface area (Å²) in [7, 11) is 1.70. The summed E-state index contributed by atoms with van der Waals surface area (Å²) in [6.07, 6.45) is 0. The maximum absolute atomic E-state index is 5.32. The summed E-state index contributed by atoms with van der Waals surface area (Å²) in [5.41, 5.74) is 6.20. The van der Waals surface area contributed by atoms with Gasteiger partial charge in [0.25, 0.3) is 0 Å². The molecule has 0 fully saturated rings. The van der Waals surface area contributed by atoms with Gasteiger partial charge in [-0.3, -0.25) is 0 Å². The zero-order valence-electron chi connectivity index (χ0n) is 14.8. The van der Waals surface area contributed by atoms with Gasteiger partial charge in [-0.05, 0) is 49.6 Å². The second kappa shape index (κ2) is 6.52. The minimum atomic E-state index is -0.201. The third kappa shape index (κ3) is 2.94. The van der Waals surface area contributed by atoms with Crippen LogP contribution in [-0.2, 0) is 5.41 Å². The largest absolute Gasteiger partial charge is 0.497 e. The molecule has 0 aromatic heterocycles. The van der Waals surface area contributed by atoms with Crippen LogP contribution in [0, 0.1) is 13.8 Å². The molecule has 0 aliphatic heterocycles. The van der Waals surface area contributed by atoms with Gasteiger partial charge < -0.3 is 4.74 Å². The van der Waals surface area contributed by atoms with Crippen LogP contribution >= 0.6 is 0 Å². The summed E-state index contributed by atoms with van der Waals surface area (Å²) in [6, 6.07) is 26.1. The van der Waals surface area contributed by atoms with Gasteiger partial charge in [0.15, 0.2) is 0 Å². The van der Waals surface area contributed by atoms with Gasteiger partial charge in [-0.25, -0.2) is 0 Å². The molecule has 1 heteroatoms. The average Bonchev–Trinajstić information content (AvgIpc) is 2.62. The second-order valence-electron chi connectivity index (χ2n) is 6.59. The average molecular weight is 316 g/mol. The summed E-state index contributed by atoms with van der Waals surface area (Å²) in [6.45, 7) is 6.55. The van der Waals surface area contributed by atoms with Crippen molar-refractivity contribution < 1.29 is 4.74 Å². The SMILES string of the molecule is COc1ccc(C(C)(c2ccc(C)cc2)c2ccc(C)cc2)cc1. The van der Waals surface area contributed by atoms with Gasteiger partial charge in [0.1, 0.15) is 5.75 Å². The zero-order valence-corrected chi connectivity index (χ0v) is 14.8. The molecular weight excluding hydrogens is 292 g/mol. The third-order valence-electron chi connectivity index (χ3n) is 4.93. The first-order chi connectivity index (χ1) is 11.5. The van der Waals surface area contributed by atoms with Gasteiger partial charge in [-0.15, -0.1) is 0 Å². The van der Waals surface area contributed by atoms with E-state index in [0.717, 1.165) is 5.75 Å². The molecule has 3 aromatic rings. The highest BCUT2D eigenvalue weighted by molar-refractivity contribution is 5.51. The number of rotatable bonds is 4.